The van der Waals surface area contributed by atoms with Crippen molar-refractivity contribution in [1.29, 1.82) is 0 Å². The van der Waals surface area contributed by atoms with E-state index in [0.717, 1.165) is 42.5 Å². The monoisotopic (exact) mass is 520 g/mol. The Labute approximate surface area is 219 Å². The fraction of sp³-hybridized carbons (Fsp3) is 0.690. The van der Waals surface area contributed by atoms with Crippen LogP contribution in [0.15, 0.2) is 23.2 Å². The van der Waals surface area contributed by atoms with Gasteiger partial charge in [-0.25, -0.2) is 13.2 Å². The average Bonchev–Trinajstić information content (AvgIpc) is 3.25. The summed E-state index contributed by atoms with van der Waals surface area (Å²) in [5, 5.41) is 14.2. The second-order valence-corrected chi connectivity index (χ2v) is 12.4. The molecule has 0 bridgehead atoms. The number of alkyl halides is 3. The Kier molecular flexibility index (Phi) is 7.89. The number of halogens is 3. The molecule has 1 saturated heterocycles. The second kappa shape index (κ2) is 10.5. The van der Waals surface area contributed by atoms with Crippen LogP contribution in [0.1, 0.15) is 77.3 Å². The van der Waals surface area contributed by atoms with E-state index in [1.165, 1.54) is 13.8 Å². The number of benzene rings is 1. The van der Waals surface area contributed by atoms with Crippen LogP contribution >= 0.6 is 0 Å². The smallest absolute Gasteiger partial charge is 0.251 e. The van der Waals surface area contributed by atoms with Crippen LogP contribution in [0.2, 0.25) is 0 Å². The molecule has 206 valence electrons. The van der Waals surface area contributed by atoms with Gasteiger partial charge in [0.1, 0.15) is 11.4 Å². The van der Waals surface area contributed by atoms with Crippen LogP contribution in [0.4, 0.5) is 18.9 Å². The first-order chi connectivity index (χ1) is 17.3. The third-order valence-corrected chi connectivity index (χ3v) is 8.79. The molecule has 0 amide bonds. The third kappa shape index (κ3) is 6.10. The molecule has 4 rings (SSSR count). The number of hydrogen-bond acceptors (Lipinski definition) is 5. The van der Waals surface area contributed by atoms with E-state index in [1.54, 1.807) is 18.2 Å². The molecular weight excluding hydrogens is 477 g/mol. The molecule has 2 aliphatic heterocycles. The number of likely N-dealkylation sites (tertiary alicyclic amines) is 1. The largest absolute Gasteiger partial charge is 0.508 e. The number of nitrogens with one attached hydrogen (secondary N) is 1. The highest BCUT2D eigenvalue weighted by Gasteiger charge is 2.40. The molecule has 1 aromatic carbocycles. The highest BCUT2D eigenvalue weighted by molar-refractivity contribution is 5.83. The van der Waals surface area contributed by atoms with Crippen molar-refractivity contribution in [1.82, 2.24) is 4.90 Å². The van der Waals surface area contributed by atoms with Crippen LogP contribution in [-0.2, 0) is 0 Å². The van der Waals surface area contributed by atoms with Crippen LogP contribution in [0, 0.1) is 17.3 Å². The van der Waals surface area contributed by atoms with E-state index in [9.17, 15) is 18.3 Å². The number of phenols is 1. The molecule has 0 spiro atoms. The number of aliphatic imine (C=N–C) groups is 1. The molecule has 4 N–H and O–H groups in total. The third-order valence-electron chi connectivity index (χ3n) is 8.79. The molecule has 8 heteroatoms. The van der Waals surface area contributed by atoms with Crippen molar-refractivity contribution in [2.45, 2.75) is 90.4 Å². The van der Waals surface area contributed by atoms with E-state index < -0.39 is 18.1 Å². The summed E-state index contributed by atoms with van der Waals surface area (Å²) < 4.78 is 40.1. The molecule has 2 heterocycles. The number of fused-ring (bicyclic) bond motifs is 1. The van der Waals surface area contributed by atoms with Crippen LogP contribution < -0.4 is 11.1 Å². The molecule has 0 radical (unpaired) electrons. The molecule has 0 aromatic heterocycles. The van der Waals surface area contributed by atoms with E-state index in [-0.39, 0.29) is 35.6 Å². The topological polar surface area (TPSA) is 73.9 Å². The van der Waals surface area contributed by atoms with E-state index in [2.05, 4.69) is 32.3 Å². The predicted octanol–water partition coefficient (Wildman–Crippen LogP) is 6.19. The molecule has 6 unspecified atom stereocenters. The van der Waals surface area contributed by atoms with Crippen molar-refractivity contribution >= 4 is 17.6 Å². The summed E-state index contributed by atoms with van der Waals surface area (Å²) in [6.07, 6.45) is 5.15. The highest BCUT2D eigenvalue weighted by Crippen LogP contribution is 2.51. The Morgan fingerprint density at radius 2 is 2.05 bits per heavy atom. The Hall–Kier alpha value is -2.22. The minimum atomic E-state index is -2.29. The zero-order chi connectivity index (χ0) is 27.1. The fourth-order valence-corrected chi connectivity index (χ4v) is 6.59. The summed E-state index contributed by atoms with van der Waals surface area (Å²) >= 11 is 0. The van der Waals surface area contributed by atoms with Crippen LogP contribution in [-0.4, -0.2) is 60.0 Å². The van der Waals surface area contributed by atoms with Gasteiger partial charge in [-0.2, -0.15) is 0 Å². The molecule has 5 nitrogen and oxygen atoms in total. The summed E-state index contributed by atoms with van der Waals surface area (Å²) in [5.74, 6) is 0.928. The van der Waals surface area contributed by atoms with Gasteiger partial charge in [-0.05, 0) is 89.0 Å². The van der Waals surface area contributed by atoms with Gasteiger partial charge in [-0.15, -0.1) is 0 Å². The van der Waals surface area contributed by atoms with Gasteiger partial charge < -0.3 is 16.2 Å². The molecule has 2 fully saturated rings. The summed E-state index contributed by atoms with van der Waals surface area (Å²) in [4.78, 5) is 6.76. The van der Waals surface area contributed by atoms with Gasteiger partial charge in [0.05, 0.1) is 18.6 Å². The summed E-state index contributed by atoms with van der Waals surface area (Å²) in [6, 6.07) is 3.03. The zero-order valence-electron chi connectivity index (χ0n) is 22.8. The number of anilines is 1. The summed E-state index contributed by atoms with van der Waals surface area (Å²) in [6.45, 7) is 10.8. The van der Waals surface area contributed by atoms with Crippen LogP contribution in [0.25, 0.3) is 5.70 Å². The molecule has 37 heavy (non-hydrogen) atoms. The van der Waals surface area contributed by atoms with Crippen molar-refractivity contribution in [3.63, 3.8) is 0 Å². The highest BCUT2D eigenvalue weighted by atomic mass is 19.3. The lowest BCUT2D eigenvalue weighted by Crippen LogP contribution is -2.40. The average molecular weight is 521 g/mol. The minimum Gasteiger partial charge on any atom is -0.508 e. The molecule has 3 aliphatic rings. The summed E-state index contributed by atoms with van der Waals surface area (Å²) in [7, 11) is 0. The van der Waals surface area contributed by atoms with Gasteiger partial charge in [0.25, 0.3) is 6.43 Å². The normalized spacial score (nSPS) is 31.9. The number of nitrogens with two attached hydrogens (primary N) is 1. The number of rotatable bonds is 7. The lowest BCUT2D eigenvalue weighted by Gasteiger charge is -2.41. The lowest BCUT2D eigenvalue weighted by atomic mass is 9.64. The van der Waals surface area contributed by atoms with Crippen molar-refractivity contribution in [3.05, 3.63) is 29.3 Å². The first kappa shape index (κ1) is 27.8. The molecule has 1 aromatic rings. The maximum absolute atomic E-state index is 14.7. The van der Waals surface area contributed by atoms with Crippen molar-refractivity contribution < 1.29 is 18.3 Å². The van der Waals surface area contributed by atoms with Gasteiger partial charge in [0.15, 0.2) is 0 Å². The van der Waals surface area contributed by atoms with Crippen LogP contribution in [0.5, 0.6) is 5.75 Å². The maximum Gasteiger partial charge on any atom is 0.251 e. The number of hydrogen-bond donors (Lipinski definition) is 3. The zero-order valence-corrected chi connectivity index (χ0v) is 22.8. The maximum atomic E-state index is 14.7. The van der Waals surface area contributed by atoms with E-state index in [1.807, 2.05) is 4.90 Å². The van der Waals surface area contributed by atoms with Gasteiger partial charge in [-0.3, -0.25) is 9.89 Å². The number of phenolic OH excluding ortho intramolecular Hbond substituents is 1. The van der Waals surface area contributed by atoms with Gasteiger partial charge >= 0.3 is 0 Å². The quantitative estimate of drug-likeness (QED) is 0.296. The van der Waals surface area contributed by atoms with Crippen molar-refractivity contribution in [3.8, 4) is 5.75 Å². The Morgan fingerprint density at radius 3 is 2.70 bits per heavy atom. The number of aromatic hydroxyl groups is 1. The summed E-state index contributed by atoms with van der Waals surface area (Å²) in [5.41, 5.74) is 7.82. The predicted molar refractivity (Wildman–Crippen MR) is 145 cm³/mol. The first-order valence-corrected chi connectivity index (χ1v) is 13.6. The van der Waals surface area contributed by atoms with Gasteiger partial charge in [-0.1, -0.05) is 13.8 Å². The van der Waals surface area contributed by atoms with Crippen LogP contribution in [0.3, 0.4) is 0 Å². The van der Waals surface area contributed by atoms with E-state index in [4.69, 9.17) is 10.7 Å². The molecule has 1 saturated carbocycles. The fourth-order valence-electron chi connectivity index (χ4n) is 6.59. The Bertz CT molecular complexity index is 1040. The standard InChI is InChI=1S/C29H43F3N4O/c1-17-13-29(5,16-34-18(2)19-9-11-36(14-19)15-25(30)31)10-8-20(17)26-23(37)7-6-22-27(26)21(33)12-24(35-22)28(3,4)32/h6-7,12,16-20,24-25,35,37H,8-11,13-15,33H2,1-5H3/b34-16+. The Morgan fingerprint density at radius 1 is 1.32 bits per heavy atom. The molecule has 1 aliphatic carbocycles. The second-order valence-electron chi connectivity index (χ2n) is 12.4. The van der Waals surface area contributed by atoms with Gasteiger partial charge in [0.2, 0.25) is 0 Å². The molecule has 6 atom stereocenters. The van der Waals surface area contributed by atoms with Crippen molar-refractivity contribution in [2.24, 2.45) is 28.0 Å². The van der Waals surface area contributed by atoms with E-state index >= 15 is 0 Å². The SMILES string of the molecule is CC1CC(C)(/C=N/C(C)C2CCN(CC(F)F)C2)CCC1c1c(O)ccc2c1C(N)=CC(C(C)(C)F)N2. The van der Waals surface area contributed by atoms with Crippen molar-refractivity contribution in [2.75, 3.05) is 25.0 Å². The lowest BCUT2D eigenvalue weighted by molar-refractivity contribution is 0.0974. The minimum absolute atomic E-state index is 0.0706. The first-order valence-electron chi connectivity index (χ1n) is 13.6. The molecular formula is C29H43F3N4O. The van der Waals surface area contributed by atoms with Gasteiger partial charge in [0, 0.05) is 40.7 Å². The Balaban J connectivity index is 1.47. The van der Waals surface area contributed by atoms with E-state index in [0.29, 0.717) is 24.7 Å². The number of nitrogens with zero attached hydrogens (tertiary/aromatic N) is 2.